The predicted molar refractivity (Wildman–Crippen MR) is 85.5 cm³/mol. The number of benzene rings is 1. The molecule has 1 N–H and O–H groups in total. The number of nitrogens with one attached hydrogen (secondary N) is 1. The number of carbonyl (C=O) groups excluding carboxylic acids is 1. The summed E-state index contributed by atoms with van der Waals surface area (Å²) in [5.74, 6) is 0.735. The van der Waals surface area contributed by atoms with Gasteiger partial charge in [-0.15, -0.1) is 0 Å². The van der Waals surface area contributed by atoms with Gasteiger partial charge in [-0.1, -0.05) is 12.1 Å². The molecule has 2 aromatic heterocycles. The molecule has 0 bridgehead atoms. The molecule has 1 aromatic carbocycles. The number of aromatic amines is 1. The Morgan fingerprint density at radius 1 is 1.32 bits per heavy atom. The van der Waals surface area contributed by atoms with Crippen LogP contribution in [0.2, 0.25) is 0 Å². The van der Waals surface area contributed by atoms with Gasteiger partial charge < -0.3 is 9.88 Å². The molecule has 114 valence electrons. The molecule has 0 saturated heterocycles. The third kappa shape index (κ3) is 2.65. The number of carbonyl (C=O) groups is 1. The van der Waals surface area contributed by atoms with Crippen LogP contribution in [0.3, 0.4) is 0 Å². The number of fused-ring (bicyclic) bond motifs is 1. The maximum Gasteiger partial charge on any atom is 0.229 e. The Balaban J connectivity index is 1.91. The van der Waals surface area contributed by atoms with Gasteiger partial charge in [0.2, 0.25) is 5.95 Å². The average Bonchev–Trinajstić information content (AvgIpc) is 3.07. The van der Waals surface area contributed by atoms with Crippen molar-refractivity contribution in [3.05, 3.63) is 41.7 Å². The SMILES string of the molecule is Cc1c(C(=O)CCN(C)C)cnn1-c1nc2ccccc2[nH]1. The van der Waals surface area contributed by atoms with Gasteiger partial charge in [-0.2, -0.15) is 5.10 Å². The molecule has 6 heteroatoms. The molecule has 0 aliphatic rings. The molecule has 0 atom stereocenters. The van der Waals surface area contributed by atoms with E-state index in [9.17, 15) is 4.79 Å². The highest BCUT2D eigenvalue weighted by molar-refractivity contribution is 5.97. The fraction of sp³-hybridized carbons (Fsp3) is 0.312. The number of hydrogen-bond acceptors (Lipinski definition) is 4. The summed E-state index contributed by atoms with van der Waals surface area (Å²) in [5.41, 5.74) is 3.30. The van der Waals surface area contributed by atoms with Crippen molar-refractivity contribution in [1.82, 2.24) is 24.6 Å². The third-order valence-corrected chi connectivity index (χ3v) is 3.67. The van der Waals surface area contributed by atoms with Crippen LogP contribution in [0.15, 0.2) is 30.5 Å². The van der Waals surface area contributed by atoms with Crippen LogP contribution >= 0.6 is 0 Å². The first-order valence-electron chi connectivity index (χ1n) is 7.24. The predicted octanol–water partition coefficient (Wildman–Crippen LogP) is 2.19. The van der Waals surface area contributed by atoms with Gasteiger partial charge in [0.05, 0.1) is 28.5 Å². The lowest BCUT2D eigenvalue weighted by atomic mass is 10.1. The number of nitrogens with zero attached hydrogens (tertiary/aromatic N) is 4. The average molecular weight is 297 g/mol. The quantitative estimate of drug-likeness (QED) is 0.733. The summed E-state index contributed by atoms with van der Waals surface area (Å²) in [4.78, 5) is 22.0. The first-order valence-corrected chi connectivity index (χ1v) is 7.24. The molecule has 6 nitrogen and oxygen atoms in total. The first kappa shape index (κ1) is 14.5. The minimum absolute atomic E-state index is 0.105. The van der Waals surface area contributed by atoms with Crippen LogP contribution in [0.1, 0.15) is 22.5 Å². The normalized spacial score (nSPS) is 11.5. The number of hydrogen-bond donors (Lipinski definition) is 1. The Kier molecular flexibility index (Phi) is 3.77. The second-order valence-electron chi connectivity index (χ2n) is 5.61. The fourth-order valence-corrected chi connectivity index (χ4v) is 2.40. The molecule has 0 unspecified atom stereocenters. The maximum absolute atomic E-state index is 12.3. The van der Waals surface area contributed by atoms with Crippen molar-refractivity contribution in [2.45, 2.75) is 13.3 Å². The van der Waals surface area contributed by atoms with Gasteiger partial charge in [-0.05, 0) is 33.2 Å². The highest BCUT2D eigenvalue weighted by Gasteiger charge is 2.16. The first-order chi connectivity index (χ1) is 10.6. The Hall–Kier alpha value is -2.47. The molecule has 0 amide bonds. The molecular formula is C16H19N5O. The van der Waals surface area contributed by atoms with E-state index in [0.29, 0.717) is 17.9 Å². The largest absolute Gasteiger partial charge is 0.322 e. The molecule has 3 aromatic rings. The zero-order chi connectivity index (χ0) is 15.7. The van der Waals surface area contributed by atoms with Crippen LogP contribution in [-0.2, 0) is 0 Å². The van der Waals surface area contributed by atoms with Gasteiger partial charge in [-0.25, -0.2) is 9.67 Å². The molecule has 0 radical (unpaired) electrons. The van der Waals surface area contributed by atoms with E-state index in [1.165, 1.54) is 0 Å². The van der Waals surface area contributed by atoms with Gasteiger partial charge >= 0.3 is 0 Å². The maximum atomic E-state index is 12.3. The van der Waals surface area contributed by atoms with Crippen molar-refractivity contribution < 1.29 is 4.79 Å². The summed E-state index contributed by atoms with van der Waals surface area (Å²) < 4.78 is 1.68. The summed E-state index contributed by atoms with van der Waals surface area (Å²) >= 11 is 0. The van der Waals surface area contributed by atoms with Crippen LogP contribution in [0.5, 0.6) is 0 Å². The van der Waals surface area contributed by atoms with Crippen molar-refractivity contribution >= 4 is 16.8 Å². The van der Waals surface area contributed by atoms with Crippen molar-refractivity contribution in [3.8, 4) is 5.95 Å². The van der Waals surface area contributed by atoms with Crippen LogP contribution in [0.25, 0.3) is 17.0 Å². The zero-order valence-electron chi connectivity index (χ0n) is 13.0. The molecule has 0 spiro atoms. The third-order valence-electron chi connectivity index (χ3n) is 3.67. The number of para-hydroxylation sites is 2. The molecule has 22 heavy (non-hydrogen) atoms. The number of H-pyrrole nitrogens is 1. The molecular weight excluding hydrogens is 278 g/mol. The number of aromatic nitrogens is 4. The summed E-state index contributed by atoms with van der Waals surface area (Å²) in [7, 11) is 3.91. The van der Waals surface area contributed by atoms with E-state index < -0.39 is 0 Å². The van der Waals surface area contributed by atoms with E-state index in [1.807, 2.05) is 50.2 Å². The van der Waals surface area contributed by atoms with Crippen LogP contribution in [-0.4, -0.2) is 51.1 Å². The van der Waals surface area contributed by atoms with E-state index in [1.54, 1.807) is 10.9 Å². The fourth-order valence-electron chi connectivity index (χ4n) is 2.40. The van der Waals surface area contributed by atoms with E-state index in [0.717, 1.165) is 23.3 Å². The van der Waals surface area contributed by atoms with Crippen LogP contribution in [0.4, 0.5) is 0 Å². The Labute approximate surface area is 128 Å². The smallest absolute Gasteiger partial charge is 0.229 e. The van der Waals surface area contributed by atoms with E-state index in [2.05, 4.69) is 15.1 Å². The topological polar surface area (TPSA) is 66.8 Å². The van der Waals surface area contributed by atoms with Gasteiger partial charge in [0.15, 0.2) is 5.78 Å². The van der Waals surface area contributed by atoms with E-state index in [4.69, 9.17) is 0 Å². The second kappa shape index (κ2) is 5.73. The van der Waals surface area contributed by atoms with Gasteiger partial charge in [0.25, 0.3) is 0 Å². The standard InChI is InChI=1S/C16H19N5O/c1-11-12(15(22)8-9-20(2)3)10-17-21(11)16-18-13-6-4-5-7-14(13)19-16/h4-7,10H,8-9H2,1-3H3,(H,18,19). The summed E-state index contributed by atoms with van der Waals surface area (Å²) in [6.07, 6.45) is 2.11. The lowest BCUT2D eigenvalue weighted by Gasteiger charge is -2.08. The van der Waals surface area contributed by atoms with Crippen molar-refractivity contribution in [2.75, 3.05) is 20.6 Å². The Bertz CT molecular complexity index is 782. The molecule has 3 rings (SSSR count). The monoisotopic (exact) mass is 297 g/mol. The van der Waals surface area contributed by atoms with E-state index >= 15 is 0 Å². The molecule has 0 saturated carbocycles. The van der Waals surface area contributed by atoms with Crippen molar-refractivity contribution in [2.24, 2.45) is 0 Å². The molecule has 2 heterocycles. The summed E-state index contributed by atoms with van der Waals surface area (Å²) in [6.45, 7) is 2.62. The second-order valence-corrected chi connectivity index (χ2v) is 5.61. The molecule has 0 aliphatic carbocycles. The van der Waals surface area contributed by atoms with Crippen LogP contribution in [0, 0.1) is 6.92 Å². The minimum atomic E-state index is 0.105. The minimum Gasteiger partial charge on any atom is -0.322 e. The van der Waals surface area contributed by atoms with Crippen LogP contribution < -0.4 is 0 Å². The van der Waals surface area contributed by atoms with Gasteiger partial charge in [0, 0.05) is 13.0 Å². The highest BCUT2D eigenvalue weighted by Crippen LogP contribution is 2.17. The number of ketones is 1. The van der Waals surface area contributed by atoms with Crippen molar-refractivity contribution in [3.63, 3.8) is 0 Å². The summed E-state index contributed by atoms with van der Waals surface area (Å²) in [5, 5.41) is 4.32. The number of rotatable bonds is 5. The Morgan fingerprint density at radius 2 is 2.09 bits per heavy atom. The summed E-state index contributed by atoms with van der Waals surface area (Å²) in [6, 6.07) is 7.81. The molecule has 0 aliphatic heterocycles. The van der Waals surface area contributed by atoms with E-state index in [-0.39, 0.29) is 5.78 Å². The van der Waals surface area contributed by atoms with Gasteiger partial charge in [-0.3, -0.25) is 4.79 Å². The lowest BCUT2D eigenvalue weighted by molar-refractivity contribution is 0.0972. The highest BCUT2D eigenvalue weighted by atomic mass is 16.1. The molecule has 0 fully saturated rings. The van der Waals surface area contributed by atoms with Crippen molar-refractivity contribution in [1.29, 1.82) is 0 Å². The lowest BCUT2D eigenvalue weighted by Crippen LogP contribution is -2.17. The zero-order valence-corrected chi connectivity index (χ0v) is 13.0. The number of Topliss-reactive ketones (excluding diaryl/α,β-unsaturated/α-hetero) is 1. The Morgan fingerprint density at radius 3 is 2.82 bits per heavy atom. The van der Waals surface area contributed by atoms with Gasteiger partial charge in [0.1, 0.15) is 0 Å². The number of imidazole rings is 1.